The molecule has 0 amide bonds. The molecule has 9 aromatic carbocycles. The van der Waals surface area contributed by atoms with Crippen LogP contribution in [0, 0.1) is 0 Å². The molecule has 0 aliphatic rings. The Morgan fingerprint density at radius 3 is 1.40 bits per heavy atom. The number of fused-ring (bicyclic) bond motifs is 18. The topological polar surface area (TPSA) is 14.3 Å². The molecular weight excluding hydrogens is 643 g/mol. The monoisotopic (exact) mass is 671 g/mol. The maximum absolute atomic E-state index is 2.55. The molecule has 3 heteroatoms. The van der Waals surface area contributed by atoms with Gasteiger partial charge in [0.1, 0.15) is 0 Å². The molecule has 244 valence electrons. The van der Waals surface area contributed by atoms with E-state index in [0.717, 1.165) is 11.4 Å². The van der Waals surface area contributed by atoms with Crippen LogP contribution in [0.4, 0.5) is 0 Å². The highest BCUT2D eigenvalue weighted by Crippen LogP contribution is 2.49. The Bertz CT molecular complexity index is 3610. The third-order valence-electron chi connectivity index (χ3n) is 11.9. The summed E-state index contributed by atoms with van der Waals surface area (Å²) in [5, 5.41) is 15.4. The molecule has 53 heavy (non-hydrogen) atoms. The van der Waals surface area contributed by atoms with Crippen LogP contribution >= 0.6 is 0 Å². The number of aromatic nitrogens is 3. The average molecular weight is 672 g/mol. The summed E-state index contributed by atoms with van der Waals surface area (Å²) in [5.74, 6) is 0. The lowest BCUT2D eigenvalue weighted by atomic mass is 9.97. The first kappa shape index (κ1) is 27.6. The molecule has 0 N–H and O–H groups in total. The highest BCUT2D eigenvalue weighted by molar-refractivity contribution is 6.40. The molecule has 3 nitrogen and oxygen atoms in total. The zero-order valence-corrected chi connectivity index (χ0v) is 28.6. The number of rotatable bonds is 2. The fraction of sp³-hybridized carbons (Fsp3) is 0. The Balaban J connectivity index is 1.21. The van der Waals surface area contributed by atoms with Crippen LogP contribution in [0.25, 0.3) is 115 Å². The zero-order valence-electron chi connectivity index (χ0n) is 28.6. The molecule has 0 aliphatic heterocycles. The first-order chi connectivity index (χ1) is 26.3. The Morgan fingerprint density at radius 2 is 0.698 bits per heavy atom. The molecule has 0 atom stereocenters. The molecule has 0 bridgehead atoms. The summed E-state index contributed by atoms with van der Waals surface area (Å²) < 4.78 is 7.50. The molecule has 0 spiro atoms. The standard InChI is InChI=1S/C50H29N3/c1-2-13-33-30(12-1)24-29-41-46-45-40-20-11-19-37-36-16-7-10-23-44(36)53(48(37)40)50(45)39-18-4-3-17-38(39)49(46)52(47(33)41)32-27-25-31(26-28-32)51-42-21-8-5-14-34(42)35-15-6-9-22-43(35)51/h1-29H. The Morgan fingerprint density at radius 1 is 0.245 bits per heavy atom. The van der Waals surface area contributed by atoms with Crippen LogP contribution in [0.5, 0.6) is 0 Å². The Hall–Kier alpha value is -7.10. The molecule has 4 heterocycles. The van der Waals surface area contributed by atoms with Crippen LogP contribution in [0.3, 0.4) is 0 Å². The van der Waals surface area contributed by atoms with Gasteiger partial charge in [-0.15, -0.1) is 0 Å². The summed E-state index contributed by atoms with van der Waals surface area (Å²) >= 11 is 0. The molecule has 0 fully saturated rings. The molecule has 13 rings (SSSR count). The van der Waals surface area contributed by atoms with Crippen LogP contribution in [-0.4, -0.2) is 13.5 Å². The van der Waals surface area contributed by atoms with E-state index in [9.17, 15) is 0 Å². The van der Waals surface area contributed by atoms with Crippen LogP contribution in [-0.2, 0) is 0 Å². The minimum absolute atomic E-state index is 1.15. The SMILES string of the molecule is c1ccc2c(c1)ccc1c3c4c5cccc6c7ccccc7n(c65)c4c4ccccc4c3n(-c3ccc(-n4c5ccccc5c5ccccc54)cc3)c21. The highest BCUT2D eigenvalue weighted by atomic mass is 15.0. The highest BCUT2D eigenvalue weighted by Gasteiger charge is 2.26. The summed E-state index contributed by atoms with van der Waals surface area (Å²) in [5.41, 5.74) is 11.1. The van der Waals surface area contributed by atoms with Crippen molar-refractivity contribution in [2.45, 2.75) is 0 Å². The van der Waals surface area contributed by atoms with Crippen molar-refractivity contribution in [2.24, 2.45) is 0 Å². The fourth-order valence-electron chi connectivity index (χ4n) is 9.86. The second kappa shape index (κ2) is 9.81. The minimum atomic E-state index is 1.15. The normalized spacial score (nSPS) is 12.5. The van der Waals surface area contributed by atoms with Crippen molar-refractivity contribution >= 4 is 103 Å². The first-order valence-corrected chi connectivity index (χ1v) is 18.4. The van der Waals surface area contributed by atoms with E-state index < -0.39 is 0 Å². The summed E-state index contributed by atoms with van der Waals surface area (Å²) in [6.45, 7) is 0. The van der Waals surface area contributed by atoms with Gasteiger partial charge in [0.2, 0.25) is 0 Å². The smallest absolute Gasteiger partial charge is 0.0627 e. The van der Waals surface area contributed by atoms with Gasteiger partial charge in [-0.2, -0.15) is 0 Å². The van der Waals surface area contributed by atoms with E-state index in [1.54, 1.807) is 0 Å². The van der Waals surface area contributed by atoms with E-state index >= 15 is 0 Å². The number of hydrogen-bond donors (Lipinski definition) is 0. The van der Waals surface area contributed by atoms with Crippen molar-refractivity contribution in [2.75, 3.05) is 0 Å². The van der Waals surface area contributed by atoms with E-state index in [0.29, 0.717) is 0 Å². The summed E-state index contributed by atoms with van der Waals surface area (Å²) in [6, 6.07) is 65.0. The number of para-hydroxylation sites is 4. The van der Waals surface area contributed by atoms with E-state index in [1.807, 2.05) is 0 Å². The van der Waals surface area contributed by atoms with Crippen LogP contribution in [0.1, 0.15) is 0 Å². The van der Waals surface area contributed by atoms with Crippen LogP contribution < -0.4 is 0 Å². The molecule has 13 aromatic rings. The fourth-order valence-corrected chi connectivity index (χ4v) is 9.86. The van der Waals surface area contributed by atoms with Crippen molar-refractivity contribution in [1.82, 2.24) is 13.5 Å². The van der Waals surface area contributed by atoms with Gasteiger partial charge in [0, 0.05) is 70.6 Å². The third kappa shape index (κ3) is 3.36. The van der Waals surface area contributed by atoms with Crippen LogP contribution in [0.2, 0.25) is 0 Å². The van der Waals surface area contributed by atoms with Gasteiger partial charge >= 0.3 is 0 Å². The van der Waals surface area contributed by atoms with Crippen molar-refractivity contribution < 1.29 is 0 Å². The molecule has 0 radical (unpaired) electrons. The predicted octanol–water partition coefficient (Wildman–Crippen LogP) is 13.3. The Labute approximate surface area is 303 Å². The molecule has 4 aromatic heterocycles. The van der Waals surface area contributed by atoms with Gasteiger partial charge < -0.3 is 13.5 Å². The number of benzene rings is 9. The summed E-state index contributed by atoms with van der Waals surface area (Å²) in [6.07, 6.45) is 0. The first-order valence-electron chi connectivity index (χ1n) is 18.4. The van der Waals surface area contributed by atoms with E-state index in [2.05, 4.69) is 189 Å². The third-order valence-corrected chi connectivity index (χ3v) is 11.9. The number of hydrogen-bond acceptors (Lipinski definition) is 0. The summed E-state index contributed by atoms with van der Waals surface area (Å²) in [7, 11) is 0. The van der Waals surface area contributed by atoms with Gasteiger partial charge in [-0.3, -0.25) is 0 Å². The predicted molar refractivity (Wildman–Crippen MR) is 225 cm³/mol. The van der Waals surface area contributed by atoms with Crippen molar-refractivity contribution in [1.29, 1.82) is 0 Å². The largest absolute Gasteiger partial charge is 0.309 e. The van der Waals surface area contributed by atoms with Gasteiger partial charge in [-0.25, -0.2) is 0 Å². The lowest BCUT2D eigenvalue weighted by Gasteiger charge is -2.14. The van der Waals surface area contributed by atoms with E-state index in [-0.39, 0.29) is 0 Å². The van der Waals surface area contributed by atoms with E-state index in [4.69, 9.17) is 0 Å². The number of nitrogens with zero attached hydrogens (tertiary/aromatic N) is 3. The minimum Gasteiger partial charge on any atom is -0.309 e. The van der Waals surface area contributed by atoms with Gasteiger partial charge in [-0.1, -0.05) is 133 Å². The van der Waals surface area contributed by atoms with Crippen LogP contribution in [0.15, 0.2) is 176 Å². The van der Waals surface area contributed by atoms with Gasteiger partial charge in [-0.05, 0) is 47.9 Å². The Kier molecular flexibility index (Phi) is 5.11. The maximum atomic E-state index is 2.55. The zero-order chi connectivity index (χ0) is 34.4. The maximum Gasteiger partial charge on any atom is 0.0627 e. The van der Waals surface area contributed by atoms with Crippen molar-refractivity contribution in [3.63, 3.8) is 0 Å². The second-order valence-corrected chi connectivity index (χ2v) is 14.5. The van der Waals surface area contributed by atoms with Gasteiger partial charge in [0.15, 0.2) is 0 Å². The lowest BCUT2D eigenvalue weighted by molar-refractivity contribution is 1.15. The van der Waals surface area contributed by atoms with Crippen molar-refractivity contribution in [3.8, 4) is 11.4 Å². The van der Waals surface area contributed by atoms with Gasteiger partial charge in [0.25, 0.3) is 0 Å². The van der Waals surface area contributed by atoms with E-state index in [1.165, 1.54) is 103 Å². The lowest BCUT2D eigenvalue weighted by Crippen LogP contribution is -1.98. The van der Waals surface area contributed by atoms with Gasteiger partial charge in [0.05, 0.1) is 38.6 Å². The molecular formula is C50H29N3. The molecule has 0 unspecified atom stereocenters. The quantitative estimate of drug-likeness (QED) is 0.174. The summed E-state index contributed by atoms with van der Waals surface area (Å²) in [4.78, 5) is 0. The molecule has 0 aliphatic carbocycles. The molecule has 0 saturated heterocycles. The second-order valence-electron chi connectivity index (χ2n) is 14.5. The molecule has 0 saturated carbocycles. The average Bonchev–Trinajstić information content (AvgIpc) is 3.96. The van der Waals surface area contributed by atoms with Crippen molar-refractivity contribution in [3.05, 3.63) is 176 Å².